The fraction of sp³-hybridized carbons (Fsp3) is 0.591. The molecule has 0 amide bonds. The van der Waals surface area contributed by atoms with Crippen molar-refractivity contribution in [3.63, 3.8) is 0 Å². The maximum Gasteiger partial charge on any atom is 0.191 e. The Bertz CT molecular complexity index is 868. The number of benzene rings is 1. The van der Waals surface area contributed by atoms with E-state index in [9.17, 15) is 4.39 Å². The van der Waals surface area contributed by atoms with Gasteiger partial charge in [-0.1, -0.05) is 6.07 Å². The van der Waals surface area contributed by atoms with Crippen molar-refractivity contribution >= 4 is 5.96 Å². The lowest BCUT2D eigenvalue weighted by Gasteiger charge is -2.26. The number of hydrogen-bond donors (Lipinski definition) is 2. The molecule has 176 valence electrons. The van der Waals surface area contributed by atoms with E-state index in [1.807, 2.05) is 25.5 Å². The van der Waals surface area contributed by atoms with Crippen molar-refractivity contribution in [2.75, 3.05) is 45.9 Å². The first kappa shape index (κ1) is 23.9. The maximum atomic E-state index is 13.4. The highest BCUT2D eigenvalue weighted by Gasteiger charge is 2.11. The van der Waals surface area contributed by atoms with E-state index in [0.29, 0.717) is 24.8 Å². The Balaban J connectivity index is 1.51. The van der Waals surface area contributed by atoms with Gasteiger partial charge < -0.3 is 24.7 Å². The molecule has 32 heavy (non-hydrogen) atoms. The quantitative estimate of drug-likeness (QED) is 0.324. The van der Waals surface area contributed by atoms with Gasteiger partial charge in [-0.2, -0.15) is 0 Å². The molecule has 1 unspecified atom stereocenters. The van der Waals surface area contributed by atoms with E-state index in [1.54, 1.807) is 12.1 Å². The molecule has 2 heterocycles. The Kier molecular flexibility index (Phi) is 9.24. The highest BCUT2D eigenvalue weighted by atomic mass is 19.1. The lowest BCUT2D eigenvalue weighted by atomic mass is 10.3. The minimum absolute atomic E-state index is 0.172. The van der Waals surface area contributed by atoms with Gasteiger partial charge in [-0.3, -0.25) is 4.90 Å². The molecular formula is C22H34FN7O2. The van der Waals surface area contributed by atoms with Crippen LogP contribution in [0.15, 0.2) is 29.3 Å². The van der Waals surface area contributed by atoms with Crippen molar-refractivity contribution in [3.8, 4) is 5.75 Å². The van der Waals surface area contributed by atoms with Crippen LogP contribution in [0.2, 0.25) is 0 Å². The minimum atomic E-state index is -0.314. The third-order valence-corrected chi connectivity index (χ3v) is 5.30. The lowest BCUT2D eigenvalue weighted by Crippen LogP contribution is -2.43. The molecule has 1 aromatic carbocycles. The van der Waals surface area contributed by atoms with Gasteiger partial charge in [0.1, 0.15) is 30.0 Å². The van der Waals surface area contributed by atoms with Crippen molar-refractivity contribution < 1.29 is 13.9 Å². The summed E-state index contributed by atoms with van der Waals surface area (Å²) in [5.41, 5.74) is 0. The van der Waals surface area contributed by atoms with Gasteiger partial charge >= 0.3 is 0 Å². The number of aryl methyl sites for hydroxylation is 1. The highest BCUT2D eigenvalue weighted by molar-refractivity contribution is 5.79. The number of aromatic nitrogens is 3. The van der Waals surface area contributed by atoms with Crippen LogP contribution < -0.4 is 15.4 Å². The molecule has 0 bridgehead atoms. The normalized spacial score (nSPS) is 16.1. The Morgan fingerprint density at radius 3 is 2.81 bits per heavy atom. The number of nitrogens with zero attached hydrogens (tertiary/aromatic N) is 5. The van der Waals surface area contributed by atoms with Crippen LogP contribution in [0.4, 0.5) is 4.39 Å². The second kappa shape index (κ2) is 12.4. The van der Waals surface area contributed by atoms with E-state index in [-0.39, 0.29) is 11.9 Å². The molecule has 1 aromatic heterocycles. The topological polar surface area (TPSA) is 88.8 Å². The first-order valence-corrected chi connectivity index (χ1v) is 11.1. The molecule has 1 fully saturated rings. The van der Waals surface area contributed by atoms with E-state index in [2.05, 4.69) is 30.7 Å². The molecule has 3 rings (SSSR count). The first-order valence-electron chi connectivity index (χ1n) is 11.1. The van der Waals surface area contributed by atoms with Crippen LogP contribution in [0.3, 0.4) is 0 Å². The van der Waals surface area contributed by atoms with Crippen molar-refractivity contribution in [1.29, 1.82) is 0 Å². The lowest BCUT2D eigenvalue weighted by molar-refractivity contribution is 0.0376. The third kappa shape index (κ3) is 7.76. The Morgan fingerprint density at radius 2 is 2.09 bits per heavy atom. The summed E-state index contributed by atoms with van der Waals surface area (Å²) in [7, 11) is 1.93. The summed E-state index contributed by atoms with van der Waals surface area (Å²) in [5, 5.41) is 15.0. The highest BCUT2D eigenvalue weighted by Crippen LogP contribution is 2.13. The van der Waals surface area contributed by atoms with Gasteiger partial charge in [0.05, 0.1) is 19.8 Å². The Morgan fingerprint density at radius 1 is 1.28 bits per heavy atom. The van der Waals surface area contributed by atoms with Crippen LogP contribution in [-0.4, -0.2) is 77.7 Å². The summed E-state index contributed by atoms with van der Waals surface area (Å²) >= 11 is 0. The SMILES string of the molecule is Cc1nnc(CN=C(NCCCN2CCOCC2)NCC(C)Oc2cccc(F)c2)n1C. The smallest absolute Gasteiger partial charge is 0.191 e. The molecule has 2 aromatic rings. The molecule has 2 N–H and O–H groups in total. The van der Waals surface area contributed by atoms with Crippen LogP contribution in [0, 0.1) is 12.7 Å². The molecule has 0 radical (unpaired) electrons. The van der Waals surface area contributed by atoms with E-state index in [0.717, 1.165) is 57.5 Å². The van der Waals surface area contributed by atoms with E-state index in [1.165, 1.54) is 12.1 Å². The summed E-state index contributed by atoms with van der Waals surface area (Å²) < 4.78 is 26.5. The molecule has 0 spiro atoms. The number of ether oxygens (including phenoxy) is 2. The number of morpholine rings is 1. The van der Waals surface area contributed by atoms with Gasteiger partial charge in [0.15, 0.2) is 11.8 Å². The largest absolute Gasteiger partial charge is 0.489 e. The number of nitrogens with one attached hydrogen (secondary N) is 2. The summed E-state index contributed by atoms with van der Waals surface area (Å²) in [5.74, 6) is 2.51. The van der Waals surface area contributed by atoms with Gasteiger partial charge in [-0.05, 0) is 38.9 Å². The predicted octanol–water partition coefficient (Wildman–Crippen LogP) is 1.49. The maximum absolute atomic E-state index is 13.4. The number of halogens is 1. The summed E-state index contributed by atoms with van der Waals surface area (Å²) in [6.07, 6.45) is 0.827. The average molecular weight is 448 g/mol. The molecule has 9 nitrogen and oxygen atoms in total. The van der Waals surface area contributed by atoms with Gasteiger partial charge in [0, 0.05) is 32.7 Å². The second-order valence-corrected chi connectivity index (χ2v) is 7.89. The van der Waals surface area contributed by atoms with Crippen LogP contribution in [-0.2, 0) is 18.3 Å². The van der Waals surface area contributed by atoms with E-state index >= 15 is 0 Å². The number of hydrogen-bond acceptors (Lipinski definition) is 6. The van der Waals surface area contributed by atoms with Crippen molar-refractivity contribution in [2.45, 2.75) is 32.9 Å². The molecule has 0 aliphatic carbocycles. The van der Waals surface area contributed by atoms with Gasteiger partial charge in [0.25, 0.3) is 0 Å². The van der Waals surface area contributed by atoms with Crippen LogP contribution >= 0.6 is 0 Å². The van der Waals surface area contributed by atoms with Crippen molar-refractivity contribution in [3.05, 3.63) is 41.7 Å². The molecule has 1 aliphatic rings. The second-order valence-electron chi connectivity index (χ2n) is 7.89. The van der Waals surface area contributed by atoms with E-state index < -0.39 is 0 Å². The fourth-order valence-electron chi connectivity index (χ4n) is 3.30. The standard InChI is InChI=1S/C22H34FN7O2/c1-17(32-20-7-4-6-19(23)14-20)15-25-22(26-16-21-28-27-18(2)29(21)3)24-8-5-9-30-10-12-31-13-11-30/h4,6-7,14,17H,5,8-13,15-16H2,1-3H3,(H2,24,25,26). The van der Waals surface area contributed by atoms with Crippen molar-refractivity contribution in [1.82, 2.24) is 30.3 Å². The van der Waals surface area contributed by atoms with Gasteiger partial charge in [-0.15, -0.1) is 10.2 Å². The number of rotatable bonds is 10. The zero-order valence-electron chi connectivity index (χ0n) is 19.2. The van der Waals surface area contributed by atoms with Crippen molar-refractivity contribution in [2.24, 2.45) is 12.0 Å². The van der Waals surface area contributed by atoms with Crippen LogP contribution in [0.1, 0.15) is 25.0 Å². The first-order chi connectivity index (χ1) is 15.5. The molecule has 10 heteroatoms. The van der Waals surface area contributed by atoms with E-state index in [4.69, 9.17) is 9.47 Å². The zero-order valence-corrected chi connectivity index (χ0v) is 19.2. The third-order valence-electron chi connectivity index (χ3n) is 5.30. The molecule has 1 atom stereocenters. The number of guanidine groups is 1. The molecular weight excluding hydrogens is 413 g/mol. The minimum Gasteiger partial charge on any atom is -0.489 e. The summed E-state index contributed by atoms with van der Waals surface area (Å²) in [6.45, 7) is 10.2. The fourth-order valence-corrected chi connectivity index (χ4v) is 3.30. The average Bonchev–Trinajstić information content (AvgIpc) is 3.11. The summed E-state index contributed by atoms with van der Waals surface area (Å²) in [6, 6.07) is 6.16. The summed E-state index contributed by atoms with van der Waals surface area (Å²) in [4.78, 5) is 7.08. The zero-order chi connectivity index (χ0) is 22.8. The Hall–Kier alpha value is -2.72. The van der Waals surface area contributed by atoms with Gasteiger partial charge in [-0.25, -0.2) is 9.38 Å². The molecule has 1 saturated heterocycles. The number of aliphatic imine (C=N–C) groups is 1. The van der Waals surface area contributed by atoms with Gasteiger partial charge in [0.2, 0.25) is 0 Å². The molecule has 1 aliphatic heterocycles. The van der Waals surface area contributed by atoms with Crippen LogP contribution in [0.5, 0.6) is 5.75 Å². The predicted molar refractivity (Wildman–Crippen MR) is 121 cm³/mol. The van der Waals surface area contributed by atoms with Crippen LogP contribution in [0.25, 0.3) is 0 Å². The monoisotopic (exact) mass is 447 g/mol. The Labute approximate surface area is 189 Å². The molecule has 0 saturated carbocycles.